The van der Waals surface area contributed by atoms with Crippen molar-refractivity contribution < 1.29 is 4.79 Å². The van der Waals surface area contributed by atoms with Gasteiger partial charge in [0.25, 0.3) is 5.91 Å². The first kappa shape index (κ1) is 14.0. The van der Waals surface area contributed by atoms with Crippen molar-refractivity contribution in [3.8, 4) is 0 Å². The predicted molar refractivity (Wildman–Crippen MR) is 91.3 cm³/mol. The molecule has 1 N–H and O–H groups in total. The zero-order valence-corrected chi connectivity index (χ0v) is 13.5. The summed E-state index contributed by atoms with van der Waals surface area (Å²) in [4.78, 5) is 16.4. The Bertz CT molecular complexity index is 748. The summed E-state index contributed by atoms with van der Waals surface area (Å²) in [6.45, 7) is 0. The van der Waals surface area contributed by atoms with Crippen LogP contribution in [0.1, 0.15) is 12.8 Å². The lowest BCUT2D eigenvalue weighted by Gasteiger charge is -2.31. The summed E-state index contributed by atoms with van der Waals surface area (Å²) >= 11 is 3.08. The second-order valence-corrected chi connectivity index (χ2v) is 7.77. The maximum absolute atomic E-state index is 11.9. The molecular weight excluding hydrogens is 314 g/mol. The molecule has 0 saturated heterocycles. The maximum Gasteiger partial charge on any atom is 0.250 e. The van der Waals surface area contributed by atoms with Crippen LogP contribution >= 0.6 is 23.1 Å². The molecule has 1 amide bonds. The maximum atomic E-state index is 11.9. The third kappa shape index (κ3) is 2.68. The fourth-order valence-corrected chi connectivity index (χ4v) is 4.73. The van der Waals surface area contributed by atoms with E-state index < -0.39 is 0 Å². The molecule has 0 bridgehead atoms. The van der Waals surface area contributed by atoms with Crippen LogP contribution in [0.25, 0.3) is 10.2 Å². The van der Waals surface area contributed by atoms with Crippen LogP contribution in [0.4, 0.5) is 0 Å². The Morgan fingerprint density at radius 2 is 2.36 bits per heavy atom. The molecule has 2 atom stereocenters. The van der Waals surface area contributed by atoms with Crippen molar-refractivity contribution in [2.75, 3.05) is 5.75 Å². The van der Waals surface area contributed by atoms with Gasteiger partial charge in [-0.25, -0.2) is 10.4 Å². The highest BCUT2D eigenvalue weighted by molar-refractivity contribution is 8.01. The Kier molecular flexibility index (Phi) is 3.72. The number of thiazole rings is 1. The zero-order chi connectivity index (χ0) is 14.9. The molecule has 1 aromatic heterocycles. The molecule has 112 valence electrons. The molecule has 1 heterocycles. The number of benzene rings is 1. The van der Waals surface area contributed by atoms with E-state index in [1.807, 2.05) is 24.3 Å². The molecule has 2 aromatic rings. The molecule has 0 radical (unpaired) electrons. The van der Waals surface area contributed by atoms with E-state index in [0.29, 0.717) is 17.6 Å². The van der Waals surface area contributed by atoms with Gasteiger partial charge in [0.15, 0.2) is 4.34 Å². The highest BCUT2D eigenvalue weighted by Crippen LogP contribution is 2.40. The van der Waals surface area contributed by atoms with E-state index in [2.05, 4.69) is 27.7 Å². The van der Waals surface area contributed by atoms with E-state index in [1.54, 1.807) is 11.3 Å². The summed E-state index contributed by atoms with van der Waals surface area (Å²) in [5.74, 6) is 1.49. The van der Waals surface area contributed by atoms with Gasteiger partial charge in [-0.1, -0.05) is 36.0 Å². The Hall–Kier alpha value is -1.66. The van der Waals surface area contributed by atoms with Crippen molar-refractivity contribution >= 4 is 44.9 Å². The van der Waals surface area contributed by atoms with Crippen molar-refractivity contribution in [2.45, 2.75) is 17.2 Å². The van der Waals surface area contributed by atoms with E-state index in [9.17, 15) is 4.79 Å². The number of aromatic nitrogens is 1. The highest BCUT2D eigenvalue weighted by Gasteiger charge is 2.37. The number of hydrogen-bond acceptors (Lipinski definition) is 5. The molecule has 0 aliphatic heterocycles. The second-order valence-electron chi connectivity index (χ2n) is 5.51. The lowest BCUT2D eigenvalue weighted by molar-refractivity contribution is -0.118. The number of nitrogens with zero attached hydrogens (tertiary/aromatic N) is 2. The lowest BCUT2D eigenvalue weighted by Crippen LogP contribution is -2.35. The standard InChI is InChI=1S/C16H15N3OS2/c20-15(19-18-13-8-10-4-3-5-11(10)13)9-21-16-17-12-6-1-2-7-14(12)22-16/h1-4,6-7,10-11H,5,8-9H2,(H,19,20)/b18-13+/t10-,11+/m0/s1. The van der Waals surface area contributed by atoms with E-state index in [4.69, 9.17) is 0 Å². The molecule has 4 nitrogen and oxygen atoms in total. The number of nitrogens with one attached hydrogen (secondary N) is 1. The van der Waals surface area contributed by atoms with Gasteiger partial charge in [-0.15, -0.1) is 11.3 Å². The number of carbonyl (C=O) groups is 1. The van der Waals surface area contributed by atoms with Crippen molar-refractivity contribution in [1.82, 2.24) is 10.4 Å². The van der Waals surface area contributed by atoms with Gasteiger partial charge in [0.1, 0.15) is 0 Å². The first-order valence-electron chi connectivity index (χ1n) is 7.30. The monoisotopic (exact) mass is 329 g/mol. The van der Waals surface area contributed by atoms with Crippen LogP contribution in [-0.4, -0.2) is 22.4 Å². The van der Waals surface area contributed by atoms with Crippen LogP contribution in [-0.2, 0) is 4.79 Å². The van der Waals surface area contributed by atoms with Crippen LogP contribution in [0.2, 0.25) is 0 Å². The molecule has 2 aliphatic rings. The quantitative estimate of drug-likeness (QED) is 0.531. The smallest absolute Gasteiger partial charge is 0.250 e. The normalized spacial score (nSPS) is 24.5. The van der Waals surface area contributed by atoms with Gasteiger partial charge >= 0.3 is 0 Å². The van der Waals surface area contributed by atoms with Gasteiger partial charge in [0, 0.05) is 11.6 Å². The van der Waals surface area contributed by atoms with Crippen LogP contribution in [0, 0.1) is 11.8 Å². The number of rotatable bonds is 4. The number of thioether (sulfide) groups is 1. The van der Waals surface area contributed by atoms with Crippen molar-refractivity contribution in [3.63, 3.8) is 0 Å². The molecule has 1 saturated carbocycles. The third-order valence-electron chi connectivity index (χ3n) is 4.09. The van der Waals surface area contributed by atoms with Crippen molar-refractivity contribution in [2.24, 2.45) is 16.9 Å². The predicted octanol–water partition coefficient (Wildman–Crippen LogP) is 3.46. The van der Waals surface area contributed by atoms with Crippen LogP contribution < -0.4 is 5.43 Å². The lowest BCUT2D eigenvalue weighted by atomic mass is 9.74. The molecule has 1 aromatic carbocycles. The molecule has 0 spiro atoms. The minimum atomic E-state index is -0.0637. The Labute approximate surface area is 136 Å². The summed E-state index contributed by atoms with van der Waals surface area (Å²) in [7, 11) is 0. The summed E-state index contributed by atoms with van der Waals surface area (Å²) in [6.07, 6.45) is 6.53. The van der Waals surface area contributed by atoms with Gasteiger partial charge in [-0.2, -0.15) is 5.10 Å². The largest absolute Gasteiger partial charge is 0.272 e. The Morgan fingerprint density at radius 3 is 3.23 bits per heavy atom. The Balaban J connectivity index is 1.30. The second kappa shape index (κ2) is 5.85. The molecule has 2 aliphatic carbocycles. The fourth-order valence-electron chi connectivity index (χ4n) is 2.87. The average Bonchev–Trinajstić information content (AvgIpc) is 3.09. The number of allylic oxidation sites excluding steroid dienone is 2. The van der Waals surface area contributed by atoms with E-state index in [0.717, 1.165) is 33.1 Å². The van der Waals surface area contributed by atoms with E-state index in [1.165, 1.54) is 11.8 Å². The fraction of sp³-hybridized carbons (Fsp3) is 0.312. The number of hydrazone groups is 1. The van der Waals surface area contributed by atoms with Gasteiger partial charge < -0.3 is 0 Å². The molecule has 0 unspecified atom stereocenters. The van der Waals surface area contributed by atoms with Gasteiger partial charge in [-0.05, 0) is 30.9 Å². The van der Waals surface area contributed by atoms with Crippen LogP contribution in [0.5, 0.6) is 0 Å². The summed E-state index contributed by atoms with van der Waals surface area (Å²) < 4.78 is 2.08. The number of hydrogen-bond donors (Lipinski definition) is 1. The topological polar surface area (TPSA) is 54.4 Å². The first-order valence-corrected chi connectivity index (χ1v) is 9.10. The summed E-state index contributed by atoms with van der Waals surface area (Å²) in [5, 5.41) is 4.27. The number of fused-ring (bicyclic) bond motifs is 2. The minimum absolute atomic E-state index is 0.0637. The molecule has 1 fully saturated rings. The van der Waals surface area contributed by atoms with Crippen LogP contribution in [0.3, 0.4) is 0 Å². The zero-order valence-electron chi connectivity index (χ0n) is 11.9. The van der Waals surface area contributed by atoms with E-state index >= 15 is 0 Å². The summed E-state index contributed by atoms with van der Waals surface area (Å²) in [5.41, 5.74) is 4.80. The highest BCUT2D eigenvalue weighted by atomic mass is 32.2. The van der Waals surface area contributed by atoms with Crippen molar-refractivity contribution in [1.29, 1.82) is 0 Å². The first-order chi connectivity index (χ1) is 10.8. The van der Waals surface area contributed by atoms with E-state index in [-0.39, 0.29) is 5.91 Å². The summed E-state index contributed by atoms with van der Waals surface area (Å²) in [6, 6.07) is 8.01. The molecule has 4 rings (SSSR count). The number of para-hydroxylation sites is 1. The minimum Gasteiger partial charge on any atom is -0.272 e. The number of amides is 1. The third-order valence-corrected chi connectivity index (χ3v) is 6.27. The van der Waals surface area contributed by atoms with Crippen LogP contribution in [0.15, 0.2) is 45.9 Å². The van der Waals surface area contributed by atoms with Gasteiger partial charge in [0.2, 0.25) is 0 Å². The molecule has 6 heteroatoms. The van der Waals surface area contributed by atoms with Crippen molar-refractivity contribution in [3.05, 3.63) is 36.4 Å². The Morgan fingerprint density at radius 1 is 1.45 bits per heavy atom. The number of carbonyl (C=O) groups excluding carboxylic acids is 1. The van der Waals surface area contributed by atoms with Gasteiger partial charge in [0.05, 0.1) is 16.0 Å². The SMILES string of the molecule is O=C(CSc1nc2ccccc2s1)N/N=C1\C[C@@H]2C=CC[C@@H]12. The molecular formula is C16H15N3OS2. The average molecular weight is 329 g/mol. The van der Waals surface area contributed by atoms with Gasteiger partial charge in [-0.3, -0.25) is 4.79 Å². The molecule has 22 heavy (non-hydrogen) atoms.